The molecule has 0 aromatic rings. The average molecular weight is 214 g/mol. The van der Waals surface area contributed by atoms with E-state index in [0.29, 0.717) is 13.2 Å². The van der Waals surface area contributed by atoms with E-state index in [9.17, 15) is 9.59 Å². The van der Waals surface area contributed by atoms with E-state index in [2.05, 4.69) is 11.3 Å². The largest absolute Gasteiger partial charge is 0.466 e. The fourth-order valence-electron chi connectivity index (χ4n) is 0.870. The number of esters is 2. The standard InChI is InChI=1S/C11H18O4/c1-4-6-7-15-11(13)9(3)8-10(12)14-5-2/h3-8H2,1-2H3. The molecule has 0 unspecified atom stereocenters. The molecule has 4 heteroatoms. The van der Waals surface area contributed by atoms with Gasteiger partial charge >= 0.3 is 11.9 Å². The molecule has 0 aliphatic heterocycles. The molecule has 15 heavy (non-hydrogen) atoms. The number of hydrogen-bond donors (Lipinski definition) is 0. The Morgan fingerprint density at radius 3 is 2.40 bits per heavy atom. The van der Waals surface area contributed by atoms with Crippen molar-refractivity contribution in [1.29, 1.82) is 0 Å². The van der Waals surface area contributed by atoms with Crippen molar-refractivity contribution in [2.75, 3.05) is 13.2 Å². The lowest BCUT2D eigenvalue weighted by atomic mass is 10.2. The first-order valence-electron chi connectivity index (χ1n) is 5.12. The highest BCUT2D eigenvalue weighted by atomic mass is 16.5. The van der Waals surface area contributed by atoms with Crippen LogP contribution in [0.4, 0.5) is 0 Å². The Bertz CT molecular complexity index is 233. The zero-order valence-electron chi connectivity index (χ0n) is 9.38. The van der Waals surface area contributed by atoms with Gasteiger partial charge in [-0.15, -0.1) is 0 Å². The summed E-state index contributed by atoms with van der Waals surface area (Å²) in [4.78, 5) is 22.2. The molecule has 0 spiro atoms. The summed E-state index contributed by atoms with van der Waals surface area (Å²) < 4.78 is 9.56. The van der Waals surface area contributed by atoms with E-state index in [1.165, 1.54) is 0 Å². The molecule has 0 rings (SSSR count). The molecule has 0 fully saturated rings. The van der Waals surface area contributed by atoms with Crippen LogP contribution in [-0.2, 0) is 19.1 Å². The Kier molecular flexibility index (Phi) is 7.32. The summed E-state index contributed by atoms with van der Waals surface area (Å²) in [5.41, 5.74) is 0.143. The van der Waals surface area contributed by atoms with Crippen molar-refractivity contribution < 1.29 is 19.1 Å². The lowest BCUT2D eigenvalue weighted by Crippen LogP contribution is -2.13. The van der Waals surface area contributed by atoms with Crippen LogP contribution in [-0.4, -0.2) is 25.2 Å². The molecular formula is C11H18O4. The fraction of sp³-hybridized carbons (Fsp3) is 0.636. The Balaban J connectivity index is 3.78. The third-order valence-electron chi connectivity index (χ3n) is 1.68. The molecule has 0 aliphatic rings. The summed E-state index contributed by atoms with van der Waals surface area (Å²) in [6.07, 6.45) is 1.68. The Morgan fingerprint density at radius 2 is 1.87 bits per heavy atom. The molecule has 0 saturated carbocycles. The molecule has 4 nitrogen and oxygen atoms in total. The van der Waals surface area contributed by atoms with E-state index >= 15 is 0 Å². The van der Waals surface area contributed by atoms with E-state index in [0.717, 1.165) is 12.8 Å². The van der Waals surface area contributed by atoms with Crippen molar-refractivity contribution in [2.45, 2.75) is 33.1 Å². The van der Waals surface area contributed by atoms with Gasteiger partial charge in [-0.3, -0.25) is 4.79 Å². The summed E-state index contributed by atoms with van der Waals surface area (Å²) in [6.45, 7) is 7.86. The summed E-state index contributed by atoms with van der Waals surface area (Å²) in [5, 5.41) is 0. The maximum Gasteiger partial charge on any atom is 0.333 e. The van der Waals surface area contributed by atoms with Gasteiger partial charge < -0.3 is 9.47 Å². The number of hydrogen-bond acceptors (Lipinski definition) is 4. The minimum absolute atomic E-state index is 0.0984. The highest BCUT2D eigenvalue weighted by Crippen LogP contribution is 2.03. The number of unbranched alkanes of at least 4 members (excludes halogenated alkanes) is 1. The van der Waals surface area contributed by atoms with E-state index < -0.39 is 11.9 Å². The zero-order valence-corrected chi connectivity index (χ0v) is 9.38. The van der Waals surface area contributed by atoms with Gasteiger partial charge in [0, 0.05) is 5.57 Å². The molecule has 0 saturated heterocycles. The Morgan fingerprint density at radius 1 is 1.20 bits per heavy atom. The van der Waals surface area contributed by atoms with Gasteiger partial charge in [0.05, 0.1) is 19.6 Å². The van der Waals surface area contributed by atoms with Crippen LogP contribution < -0.4 is 0 Å². The topological polar surface area (TPSA) is 52.6 Å². The van der Waals surface area contributed by atoms with E-state index in [-0.39, 0.29) is 12.0 Å². The second-order valence-electron chi connectivity index (χ2n) is 3.07. The van der Waals surface area contributed by atoms with Crippen LogP contribution in [0, 0.1) is 0 Å². The van der Waals surface area contributed by atoms with Crippen molar-refractivity contribution >= 4 is 11.9 Å². The van der Waals surface area contributed by atoms with Crippen LogP contribution >= 0.6 is 0 Å². The highest BCUT2D eigenvalue weighted by molar-refractivity contribution is 5.93. The van der Waals surface area contributed by atoms with E-state index in [1.807, 2.05) is 6.92 Å². The molecular weight excluding hydrogens is 196 g/mol. The van der Waals surface area contributed by atoms with Gasteiger partial charge in [0.2, 0.25) is 0 Å². The van der Waals surface area contributed by atoms with Crippen molar-refractivity contribution in [3.63, 3.8) is 0 Å². The monoisotopic (exact) mass is 214 g/mol. The van der Waals surface area contributed by atoms with Crippen LogP contribution in [0.2, 0.25) is 0 Å². The number of rotatable bonds is 7. The highest BCUT2D eigenvalue weighted by Gasteiger charge is 2.13. The maximum atomic E-state index is 11.2. The minimum Gasteiger partial charge on any atom is -0.466 e. The van der Waals surface area contributed by atoms with Gasteiger partial charge in [-0.05, 0) is 13.3 Å². The van der Waals surface area contributed by atoms with Gasteiger partial charge in [-0.1, -0.05) is 19.9 Å². The van der Waals surface area contributed by atoms with Crippen LogP contribution in [0.15, 0.2) is 12.2 Å². The van der Waals surface area contributed by atoms with Crippen molar-refractivity contribution in [3.8, 4) is 0 Å². The number of carbonyl (C=O) groups excluding carboxylic acids is 2. The van der Waals surface area contributed by atoms with E-state index in [1.54, 1.807) is 6.92 Å². The first kappa shape index (κ1) is 13.7. The average Bonchev–Trinajstić information content (AvgIpc) is 2.18. The van der Waals surface area contributed by atoms with Crippen LogP contribution in [0.3, 0.4) is 0 Å². The molecule has 0 atom stereocenters. The van der Waals surface area contributed by atoms with Crippen molar-refractivity contribution in [3.05, 3.63) is 12.2 Å². The first-order valence-corrected chi connectivity index (χ1v) is 5.12. The second kappa shape index (κ2) is 8.03. The second-order valence-corrected chi connectivity index (χ2v) is 3.07. The normalized spacial score (nSPS) is 9.47. The van der Waals surface area contributed by atoms with Crippen LogP contribution in [0.25, 0.3) is 0 Å². The van der Waals surface area contributed by atoms with Crippen LogP contribution in [0.5, 0.6) is 0 Å². The minimum atomic E-state index is -0.517. The first-order chi connectivity index (χ1) is 7.11. The summed E-state index contributed by atoms with van der Waals surface area (Å²) in [6, 6.07) is 0. The molecule has 0 N–H and O–H groups in total. The smallest absolute Gasteiger partial charge is 0.333 e. The molecule has 0 aromatic carbocycles. The predicted octanol–water partition coefficient (Wildman–Crippen LogP) is 1.84. The Labute approximate surface area is 90.2 Å². The summed E-state index contributed by atoms with van der Waals surface area (Å²) >= 11 is 0. The zero-order chi connectivity index (χ0) is 11.7. The number of ether oxygens (including phenoxy) is 2. The lowest BCUT2D eigenvalue weighted by Gasteiger charge is -2.06. The van der Waals surface area contributed by atoms with Crippen molar-refractivity contribution in [1.82, 2.24) is 0 Å². The predicted molar refractivity (Wildman–Crippen MR) is 56.3 cm³/mol. The SMILES string of the molecule is C=C(CC(=O)OCC)C(=O)OCCCC. The molecule has 0 aliphatic carbocycles. The van der Waals surface area contributed by atoms with Gasteiger partial charge in [0.15, 0.2) is 0 Å². The summed E-state index contributed by atoms with van der Waals surface area (Å²) in [7, 11) is 0. The van der Waals surface area contributed by atoms with Gasteiger partial charge in [-0.2, -0.15) is 0 Å². The van der Waals surface area contributed by atoms with Gasteiger partial charge in [0.25, 0.3) is 0 Å². The molecule has 0 bridgehead atoms. The maximum absolute atomic E-state index is 11.2. The quantitative estimate of drug-likeness (QED) is 0.368. The van der Waals surface area contributed by atoms with Crippen molar-refractivity contribution in [2.24, 2.45) is 0 Å². The van der Waals surface area contributed by atoms with Gasteiger partial charge in [-0.25, -0.2) is 4.79 Å². The third-order valence-corrected chi connectivity index (χ3v) is 1.68. The Hall–Kier alpha value is -1.32. The summed E-state index contributed by atoms with van der Waals surface area (Å²) in [5.74, 6) is -0.966. The third kappa shape index (κ3) is 6.71. The van der Waals surface area contributed by atoms with E-state index in [4.69, 9.17) is 4.74 Å². The molecule has 0 amide bonds. The number of carbonyl (C=O) groups is 2. The fourth-order valence-corrected chi connectivity index (χ4v) is 0.870. The molecule has 86 valence electrons. The molecule has 0 radical (unpaired) electrons. The van der Waals surface area contributed by atoms with Gasteiger partial charge in [0.1, 0.15) is 0 Å². The molecule has 0 aromatic heterocycles. The van der Waals surface area contributed by atoms with Crippen LogP contribution in [0.1, 0.15) is 33.1 Å². The lowest BCUT2D eigenvalue weighted by molar-refractivity contribution is -0.146. The molecule has 0 heterocycles.